The fraction of sp³-hybridized carbons (Fsp3) is 0.308. The van der Waals surface area contributed by atoms with Crippen molar-refractivity contribution in [3.63, 3.8) is 0 Å². The zero-order valence-electron chi connectivity index (χ0n) is 19.1. The summed E-state index contributed by atoms with van der Waals surface area (Å²) < 4.78 is 3.74. The first kappa shape index (κ1) is 21.1. The van der Waals surface area contributed by atoms with E-state index in [1.54, 1.807) is 12.7 Å². The van der Waals surface area contributed by atoms with Crippen molar-refractivity contribution in [2.45, 2.75) is 39.2 Å². The van der Waals surface area contributed by atoms with Crippen LogP contribution < -0.4 is 0 Å². The van der Waals surface area contributed by atoms with Crippen LogP contribution in [0.2, 0.25) is 0 Å². The average Bonchev–Trinajstić information content (AvgIpc) is 3.55. The fourth-order valence-corrected chi connectivity index (χ4v) is 4.50. The summed E-state index contributed by atoms with van der Waals surface area (Å²) in [7, 11) is 0. The molecule has 2 aromatic carbocycles. The lowest BCUT2D eigenvalue weighted by atomic mass is 10.0. The predicted octanol–water partition coefficient (Wildman–Crippen LogP) is 4.48. The molecule has 1 aliphatic heterocycles. The SMILES string of the molecule is CCc1ccc(-c2nn(-c3ccccc3C)cc2C(=O)N2CCC(n3cncn3)CC2)cc1. The van der Waals surface area contributed by atoms with Gasteiger partial charge in [0.2, 0.25) is 0 Å². The molecule has 0 N–H and O–H groups in total. The van der Waals surface area contributed by atoms with Crippen molar-refractivity contribution < 1.29 is 4.79 Å². The monoisotopic (exact) mass is 440 g/mol. The molecule has 168 valence electrons. The van der Waals surface area contributed by atoms with Gasteiger partial charge in [-0.1, -0.05) is 49.4 Å². The number of aromatic nitrogens is 5. The van der Waals surface area contributed by atoms with Crippen LogP contribution in [0.5, 0.6) is 0 Å². The van der Waals surface area contributed by atoms with Crippen LogP contribution in [0.15, 0.2) is 67.4 Å². The Balaban J connectivity index is 1.47. The number of hydrogen-bond acceptors (Lipinski definition) is 4. The van der Waals surface area contributed by atoms with Crippen molar-refractivity contribution in [3.8, 4) is 16.9 Å². The summed E-state index contributed by atoms with van der Waals surface area (Å²) in [4.78, 5) is 19.7. The number of piperidine rings is 1. The number of para-hydroxylation sites is 1. The highest BCUT2D eigenvalue weighted by atomic mass is 16.2. The van der Waals surface area contributed by atoms with Crippen LogP contribution in [-0.2, 0) is 6.42 Å². The minimum Gasteiger partial charge on any atom is -0.338 e. The molecule has 7 heteroatoms. The molecule has 1 saturated heterocycles. The Morgan fingerprint density at radius 2 is 1.82 bits per heavy atom. The summed E-state index contributed by atoms with van der Waals surface area (Å²) in [6.07, 6.45) is 7.91. The van der Waals surface area contributed by atoms with Gasteiger partial charge in [-0.25, -0.2) is 14.3 Å². The van der Waals surface area contributed by atoms with Gasteiger partial charge in [0, 0.05) is 24.8 Å². The molecule has 2 aromatic heterocycles. The number of nitrogens with zero attached hydrogens (tertiary/aromatic N) is 6. The first-order valence-corrected chi connectivity index (χ1v) is 11.5. The summed E-state index contributed by atoms with van der Waals surface area (Å²) in [6.45, 7) is 5.57. The van der Waals surface area contributed by atoms with E-state index in [2.05, 4.69) is 54.3 Å². The number of aryl methyl sites for hydroxylation is 2. The number of hydrogen-bond donors (Lipinski definition) is 0. The predicted molar refractivity (Wildman–Crippen MR) is 127 cm³/mol. The van der Waals surface area contributed by atoms with E-state index < -0.39 is 0 Å². The summed E-state index contributed by atoms with van der Waals surface area (Å²) in [5.41, 5.74) is 5.68. The third-order valence-electron chi connectivity index (χ3n) is 6.50. The maximum atomic E-state index is 13.7. The van der Waals surface area contributed by atoms with Gasteiger partial charge in [0.15, 0.2) is 0 Å². The maximum absolute atomic E-state index is 13.7. The van der Waals surface area contributed by atoms with Crippen molar-refractivity contribution >= 4 is 5.91 Å². The molecule has 4 aromatic rings. The lowest BCUT2D eigenvalue weighted by Crippen LogP contribution is -2.39. The number of benzene rings is 2. The molecule has 0 saturated carbocycles. The van der Waals surface area contributed by atoms with Crippen LogP contribution in [0.25, 0.3) is 16.9 Å². The molecule has 1 amide bonds. The Kier molecular flexibility index (Phi) is 5.77. The van der Waals surface area contributed by atoms with Gasteiger partial charge >= 0.3 is 0 Å². The number of carbonyl (C=O) groups is 1. The van der Waals surface area contributed by atoms with Crippen LogP contribution in [0, 0.1) is 6.92 Å². The summed E-state index contributed by atoms with van der Waals surface area (Å²) in [5, 5.41) is 9.16. The van der Waals surface area contributed by atoms with E-state index >= 15 is 0 Å². The Morgan fingerprint density at radius 3 is 2.48 bits per heavy atom. The van der Waals surface area contributed by atoms with E-state index in [0.717, 1.165) is 41.8 Å². The first-order chi connectivity index (χ1) is 16.1. The third kappa shape index (κ3) is 4.18. The van der Waals surface area contributed by atoms with Crippen molar-refractivity contribution in [2.75, 3.05) is 13.1 Å². The van der Waals surface area contributed by atoms with Crippen molar-refractivity contribution in [1.82, 2.24) is 29.4 Å². The Bertz CT molecular complexity index is 1230. The molecular formula is C26H28N6O. The molecule has 0 atom stereocenters. The van der Waals surface area contributed by atoms with Gasteiger partial charge in [0.1, 0.15) is 18.3 Å². The van der Waals surface area contributed by atoms with E-state index in [-0.39, 0.29) is 11.9 Å². The molecule has 33 heavy (non-hydrogen) atoms. The average molecular weight is 441 g/mol. The molecule has 0 spiro atoms. The normalized spacial score (nSPS) is 14.5. The number of likely N-dealkylation sites (tertiary alicyclic amines) is 1. The maximum Gasteiger partial charge on any atom is 0.257 e. The third-order valence-corrected chi connectivity index (χ3v) is 6.50. The quantitative estimate of drug-likeness (QED) is 0.459. The number of carbonyl (C=O) groups excluding carboxylic acids is 1. The van der Waals surface area contributed by atoms with Gasteiger partial charge in [-0.3, -0.25) is 4.79 Å². The molecular weight excluding hydrogens is 412 g/mol. The molecule has 0 bridgehead atoms. The van der Waals surface area contributed by atoms with Gasteiger partial charge < -0.3 is 4.90 Å². The number of rotatable bonds is 5. The lowest BCUT2D eigenvalue weighted by Gasteiger charge is -2.31. The summed E-state index contributed by atoms with van der Waals surface area (Å²) >= 11 is 0. The highest BCUT2D eigenvalue weighted by Gasteiger charge is 2.28. The van der Waals surface area contributed by atoms with Crippen LogP contribution in [0.1, 0.15) is 47.3 Å². The first-order valence-electron chi connectivity index (χ1n) is 11.5. The molecule has 0 radical (unpaired) electrons. The molecule has 0 aliphatic carbocycles. The van der Waals surface area contributed by atoms with E-state index in [9.17, 15) is 4.79 Å². The zero-order valence-corrected chi connectivity index (χ0v) is 19.1. The van der Waals surface area contributed by atoms with Crippen molar-refractivity contribution in [3.05, 3.63) is 84.1 Å². The molecule has 3 heterocycles. The zero-order chi connectivity index (χ0) is 22.8. The second-order valence-electron chi connectivity index (χ2n) is 8.57. The highest BCUT2D eigenvalue weighted by Crippen LogP contribution is 2.29. The van der Waals surface area contributed by atoms with E-state index in [1.807, 2.05) is 38.7 Å². The van der Waals surface area contributed by atoms with Gasteiger partial charge in [0.25, 0.3) is 5.91 Å². The second kappa shape index (κ2) is 9.02. The Labute approximate surface area is 193 Å². The van der Waals surface area contributed by atoms with Crippen molar-refractivity contribution in [2.24, 2.45) is 0 Å². The van der Waals surface area contributed by atoms with Gasteiger partial charge in [-0.15, -0.1) is 0 Å². The molecule has 5 rings (SSSR count). The van der Waals surface area contributed by atoms with Crippen LogP contribution in [-0.4, -0.2) is 48.4 Å². The van der Waals surface area contributed by atoms with E-state index in [0.29, 0.717) is 18.7 Å². The minimum atomic E-state index is 0.0291. The van der Waals surface area contributed by atoms with E-state index in [4.69, 9.17) is 5.10 Å². The molecule has 1 aliphatic rings. The summed E-state index contributed by atoms with van der Waals surface area (Å²) in [5.74, 6) is 0.0291. The fourth-order valence-electron chi connectivity index (χ4n) is 4.50. The molecule has 7 nitrogen and oxygen atoms in total. The molecule has 0 unspecified atom stereocenters. The van der Waals surface area contributed by atoms with Crippen molar-refractivity contribution in [1.29, 1.82) is 0 Å². The highest BCUT2D eigenvalue weighted by molar-refractivity contribution is 6.00. The second-order valence-corrected chi connectivity index (χ2v) is 8.57. The van der Waals surface area contributed by atoms with Gasteiger partial charge in [0.05, 0.1) is 17.3 Å². The largest absolute Gasteiger partial charge is 0.338 e. The van der Waals surface area contributed by atoms with E-state index in [1.165, 1.54) is 5.56 Å². The lowest BCUT2D eigenvalue weighted by molar-refractivity contribution is 0.0690. The Morgan fingerprint density at radius 1 is 1.06 bits per heavy atom. The smallest absolute Gasteiger partial charge is 0.257 e. The van der Waals surface area contributed by atoms with Gasteiger partial charge in [-0.05, 0) is 43.4 Å². The molecule has 1 fully saturated rings. The topological polar surface area (TPSA) is 68.8 Å². The summed E-state index contributed by atoms with van der Waals surface area (Å²) in [6, 6.07) is 16.7. The van der Waals surface area contributed by atoms with Crippen LogP contribution in [0.3, 0.4) is 0 Å². The van der Waals surface area contributed by atoms with Crippen LogP contribution >= 0.6 is 0 Å². The Hall–Kier alpha value is -3.74. The number of amides is 1. The van der Waals surface area contributed by atoms with Gasteiger partial charge in [-0.2, -0.15) is 10.2 Å². The minimum absolute atomic E-state index is 0.0291. The standard InChI is InChI=1S/C26H28N6O/c1-3-20-8-10-21(11-9-20)25-23(16-31(29-25)24-7-5-4-6-19(24)2)26(33)30-14-12-22(13-15-30)32-18-27-17-28-32/h4-11,16-18,22H,3,12-15H2,1-2H3. The van der Waals surface area contributed by atoms with Crippen LogP contribution in [0.4, 0.5) is 0 Å².